The molecule has 0 atom stereocenters. The molecular weight excluding hydrogens is 1680 g/mol. The van der Waals surface area contributed by atoms with Gasteiger partial charge in [-0.3, -0.25) is 28.8 Å². The number of fused-ring (bicyclic) bond motifs is 14. The molecule has 0 saturated heterocycles. The van der Waals surface area contributed by atoms with Crippen molar-refractivity contribution in [2.45, 2.75) is 0 Å². The van der Waals surface area contributed by atoms with E-state index in [1.54, 1.807) is 18.2 Å². The van der Waals surface area contributed by atoms with Gasteiger partial charge in [0.15, 0.2) is 34.7 Å². The van der Waals surface area contributed by atoms with Gasteiger partial charge >= 0.3 is 0 Å². The first kappa shape index (κ1) is 81.8. The normalized spacial score (nSPS) is 12.7. The minimum Gasteiger partial charge on any atom is -0.310 e. The van der Waals surface area contributed by atoms with E-state index in [1.165, 1.54) is 64.6 Å². The van der Waals surface area contributed by atoms with E-state index in [4.69, 9.17) is 0 Å². The molecule has 0 N–H and O–H groups in total. The summed E-state index contributed by atoms with van der Waals surface area (Å²) < 4.78 is 0. The second-order valence-corrected chi connectivity index (χ2v) is 35.3. The van der Waals surface area contributed by atoms with Crippen LogP contribution in [-0.2, 0) is 0 Å². The number of carbonyl (C=O) groups excluding carboxylic acids is 6. The summed E-state index contributed by atoms with van der Waals surface area (Å²) in [6, 6.07) is 157. The van der Waals surface area contributed by atoms with Crippen LogP contribution in [0.15, 0.2) is 478 Å². The van der Waals surface area contributed by atoms with Crippen LogP contribution < -0.4 is 14.7 Å². The summed E-state index contributed by atoms with van der Waals surface area (Å²) in [4.78, 5) is 86.9. The van der Waals surface area contributed by atoms with Gasteiger partial charge in [0.25, 0.3) is 0 Å². The van der Waals surface area contributed by atoms with Crippen LogP contribution in [0.4, 0.5) is 51.2 Å². The third kappa shape index (κ3) is 15.3. The molecule has 9 nitrogen and oxygen atoms in total. The van der Waals surface area contributed by atoms with Crippen molar-refractivity contribution in [1.29, 1.82) is 0 Å². The highest BCUT2D eigenvalue weighted by Gasteiger charge is 2.37. The molecule has 0 bridgehead atoms. The zero-order valence-electron chi connectivity index (χ0n) is 73.9. The molecule has 0 fully saturated rings. The van der Waals surface area contributed by atoms with Crippen molar-refractivity contribution in [3.8, 4) is 0 Å². The molecule has 3 aliphatic rings. The number of rotatable bonds is 12. The van der Waals surface area contributed by atoms with Crippen molar-refractivity contribution in [2.75, 3.05) is 14.7 Å². The molecule has 0 heterocycles. The van der Waals surface area contributed by atoms with E-state index >= 15 is 0 Å². The Kier molecular flexibility index (Phi) is 20.3. The van der Waals surface area contributed by atoms with E-state index in [-0.39, 0.29) is 51.4 Å². The Hall–Kier alpha value is -18.4. The summed E-state index contributed by atoms with van der Waals surface area (Å²) in [5.41, 5.74) is 15.4. The predicted octanol–water partition coefficient (Wildman–Crippen LogP) is 32.5. The maximum atomic E-state index is 13.4. The van der Waals surface area contributed by atoms with Gasteiger partial charge in [0.1, 0.15) is 0 Å². The zero-order valence-corrected chi connectivity index (χ0v) is 73.9. The van der Waals surface area contributed by atoms with Crippen LogP contribution in [0.25, 0.3) is 137 Å². The Morgan fingerprint density at radius 1 is 0.124 bits per heavy atom. The fourth-order valence-electron chi connectivity index (χ4n) is 19.9. The summed E-state index contributed by atoms with van der Waals surface area (Å²) in [5, 5.41) is 24.2. The van der Waals surface area contributed by atoms with Crippen LogP contribution >= 0.6 is 0 Å². The summed E-state index contributed by atoms with van der Waals surface area (Å²) in [5.74, 6) is -1.30. The van der Waals surface area contributed by atoms with Gasteiger partial charge in [-0.05, 0) is 323 Å². The third-order valence-electron chi connectivity index (χ3n) is 26.8. The first-order chi connectivity index (χ1) is 67.3. The molecule has 0 aliphatic heterocycles. The zero-order chi connectivity index (χ0) is 91.9. The van der Waals surface area contributed by atoms with E-state index in [0.29, 0.717) is 33.4 Å². The van der Waals surface area contributed by atoms with Crippen molar-refractivity contribution in [2.24, 2.45) is 0 Å². The highest BCUT2D eigenvalue weighted by molar-refractivity contribution is 6.44. The minimum absolute atomic E-state index is 0.211. The maximum Gasteiger partial charge on any atom is 0.197 e. The molecule has 26 rings (SSSR count). The van der Waals surface area contributed by atoms with Crippen molar-refractivity contribution < 1.29 is 28.8 Å². The molecule has 9 heteroatoms. The number of hydrogen-bond acceptors (Lipinski definition) is 9. The summed E-state index contributed by atoms with van der Waals surface area (Å²) in [6.45, 7) is 0. The average molecular weight is 1760 g/mol. The first-order valence-electron chi connectivity index (χ1n) is 45.8. The van der Waals surface area contributed by atoms with Crippen molar-refractivity contribution in [1.82, 2.24) is 0 Å². The van der Waals surface area contributed by atoms with Gasteiger partial charge in [0.2, 0.25) is 0 Å². The fourth-order valence-corrected chi connectivity index (χ4v) is 19.9. The van der Waals surface area contributed by atoms with Gasteiger partial charge in [-0.15, -0.1) is 0 Å². The second kappa shape index (κ2) is 34.1. The highest BCUT2D eigenvalue weighted by Crippen LogP contribution is 2.45. The quantitative estimate of drug-likeness (QED) is 0.0670. The number of nitrogens with zero attached hydrogens (tertiary/aromatic N) is 3. The molecule has 3 aliphatic carbocycles. The topological polar surface area (TPSA) is 112 Å². The number of para-hydroxylation sites is 1. The highest BCUT2D eigenvalue weighted by atomic mass is 16.2. The lowest BCUT2D eigenvalue weighted by molar-refractivity contribution is 0.0975. The lowest BCUT2D eigenvalue weighted by Gasteiger charge is -2.26. The van der Waals surface area contributed by atoms with Gasteiger partial charge < -0.3 is 14.7 Å². The van der Waals surface area contributed by atoms with Gasteiger partial charge in [-0.25, -0.2) is 0 Å². The monoisotopic (exact) mass is 1750 g/mol. The number of benzene rings is 23. The summed E-state index contributed by atoms with van der Waals surface area (Å²) >= 11 is 0. The molecule has 0 radical (unpaired) electrons. The number of anilines is 9. The molecule has 0 aromatic heterocycles. The second-order valence-electron chi connectivity index (χ2n) is 35.3. The Morgan fingerprint density at radius 2 is 0.292 bits per heavy atom. The van der Waals surface area contributed by atoms with Crippen LogP contribution in [0.2, 0.25) is 0 Å². The molecule has 23 aromatic carbocycles. The number of hydrogen-bond donors (Lipinski definition) is 0. The predicted molar refractivity (Wildman–Crippen MR) is 565 cm³/mol. The number of ketones is 6. The molecule has 642 valence electrons. The van der Waals surface area contributed by atoms with Crippen LogP contribution in [-0.4, -0.2) is 34.7 Å². The van der Waals surface area contributed by atoms with Crippen molar-refractivity contribution in [3.63, 3.8) is 0 Å². The molecule has 0 amide bonds. The Balaban J connectivity index is 0.000000113. The SMILES string of the molecule is O=C1C(=Cc2ccc(N(c3ccccc3)c3ccc4ccccc4c3)cc2)C(=O)c2cc3ccccc3cc21.O=C1C(=Cc2ccc3cc(N(c4ccc5ccccc5c4)c4ccc5cc6ccccc6cc5c4)ccc3c2)C(=O)c2cc3ccccc3cc21.O=C1C(=Cc2ccc3cc(N(c4ccc5ccccc5c4)c4ccc5ccccc5c4)ccc3c2)C(=O)c2cc3ccccc3cc21. The Labute approximate surface area is 788 Å². The van der Waals surface area contributed by atoms with E-state index in [2.05, 4.69) is 288 Å². The van der Waals surface area contributed by atoms with Gasteiger partial charge in [0.05, 0.1) is 16.7 Å². The van der Waals surface area contributed by atoms with Crippen molar-refractivity contribution >= 4 is 223 Å². The van der Waals surface area contributed by atoms with Gasteiger partial charge in [-0.2, -0.15) is 0 Å². The number of Topliss-reactive ketones (excluding diaryl/α,β-unsaturated/α-hetero) is 6. The lowest BCUT2D eigenvalue weighted by atomic mass is 10.0. The average Bonchev–Trinajstić information content (AvgIpc) is 1.50. The van der Waals surface area contributed by atoms with E-state index in [9.17, 15) is 28.8 Å². The van der Waals surface area contributed by atoms with Crippen LogP contribution in [0.1, 0.15) is 78.8 Å². The van der Waals surface area contributed by atoms with Crippen LogP contribution in [0, 0.1) is 0 Å². The standard InChI is InChI=1S/C48H29NO2.C44H27NO2.C36H23NO2/c50-47-44-28-35-11-5-6-12-36(35)29-45(44)48(51)46(47)22-30-13-14-39-26-42(19-16-37(39)21-30)49(41-18-15-31-7-1-2-10-34(31)25-41)43-20-17-38-23-32-8-3-4-9-33(32)24-40(38)27-43;46-43-40-26-33-11-5-6-12-34(33)27-41(40)44(47)42(43)22-28-13-14-36-25-39(20-17-35(36)21-28)45(37-18-15-29-7-1-3-9-31(29)23-37)38-19-16-30-8-2-4-10-32(30)24-38;38-35-32-22-27-10-6-7-11-28(27)23-33(32)36(39)34(35)20-24-14-17-30(18-15-24)37(29-12-2-1-3-13-29)31-19-16-25-8-4-5-9-26(25)21-31/h1-29H;1-27H;1-23H. The Bertz CT molecular complexity index is 8950. The Morgan fingerprint density at radius 3 is 0.577 bits per heavy atom. The fraction of sp³-hybridized carbons (Fsp3) is 0. The first-order valence-corrected chi connectivity index (χ1v) is 45.8. The third-order valence-corrected chi connectivity index (χ3v) is 26.8. The molecule has 0 unspecified atom stereocenters. The number of carbonyl (C=O) groups is 6. The summed E-state index contributed by atoms with van der Waals surface area (Å²) in [6.07, 6.45) is 5.18. The maximum absolute atomic E-state index is 13.4. The van der Waals surface area contributed by atoms with Crippen molar-refractivity contribution in [3.05, 3.63) is 528 Å². The van der Waals surface area contributed by atoms with Crippen LogP contribution in [0.3, 0.4) is 0 Å². The molecule has 0 saturated carbocycles. The van der Waals surface area contributed by atoms with E-state index in [1.807, 2.05) is 188 Å². The smallest absolute Gasteiger partial charge is 0.197 e. The molecule has 0 spiro atoms. The van der Waals surface area contributed by atoms with E-state index in [0.717, 1.165) is 122 Å². The van der Waals surface area contributed by atoms with E-state index < -0.39 is 0 Å². The number of allylic oxidation sites excluding steroid dienone is 3. The minimum atomic E-state index is -0.217. The van der Waals surface area contributed by atoms with Gasteiger partial charge in [0, 0.05) is 84.6 Å². The van der Waals surface area contributed by atoms with Crippen LogP contribution in [0.5, 0.6) is 0 Å². The molecular formula is C128H79N3O6. The summed E-state index contributed by atoms with van der Waals surface area (Å²) in [7, 11) is 0. The van der Waals surface area contributed by atoms with Gasteiger partial charge in [-0.1, -0.05) is 291 Å². The molecule has 23 aromatic rings. The lowest BCUT2D eigenvalue weighted by Crippen LogP contribution is -2.10. The molecule has 137 heavy (non-hydrogen) atoms. The largest absolute Gasteiger partial charge is 0.310 e.